The summed E-state index contributed by atoms with van der Waals surface area (Å²) < 4.78 is 4.69. The fourth-order valence-corrected chi connectivity index (χ4v) is 1.49. The monoisotopic (exact) mass is 255 g/mol. The van der Waals surface area contributed by atoms with Gasteiger partial charge in [-0.05, 0) is 24.6 Å². The molecule has 92 valence electrons. The van der Waals surface area contributed by atoms with Gasteiger partial charge < -0.3 is 10.1 Å². The molecule has 0 aliphatic heterocycles. The lowest BCUT2D eigenvalue weighted by molar-refractivity contribution is -0.143. The Hall–Kier alpha value is -1.55. The van der Waals surface area contributed by atoms with Crippen LogP contribution >= 0.6 is 11.6 Å². The largest absolute Gasteiger partial charge is 0.465 e. The van der Waals surface area contributed by atoms with Gasteiger partial charge in [-0.3, -0.25) is 9.59 Å². The van der Waals surface area contributed by atoms with E-state index in [1.807, 2.05) is 0 Å². The fraction of sp³-hybridized carbons (Fsp3) is 0.333. The van der Waals surface area contributed by atoms with Gasteiger partial charge in [0, 0.05) is 5.02 Å². The van der Waals surface area contributed by atoms with E-state index in [9.17, 15) is 9.59 Å². The SMILES string of the molecule is CCOC(=O)CNC(=O)Cc1cccc(Cl)c1. The summed E-state index contributed by atoms with van der Waals surface area (Å²) in [4.78, 5) is 22.5. The molecule has 4 nitrogen and oxygen atoms in total. The van der Waals surface area contributed by atoms with Gasteiger partial charge in [-0.15, -0.1) is 0 Å². The predicted molar refractivity (Wildman–Crippen MR) is 64.8 cm³/mol. The van der Waals surface area contributed by atoms with Crippen LogP contribution in [0.5, 0.6) is 0 Å². The highest BCUT2D eigenvalue weighted by molar-refractivity contribution is 6.30. The maximum atomic E-state index is 11.5. The van der Waals surface area contributed by atoms with Crippen molar-refractivity contribution in [3.63, 3.8) is 0 Å². The van der Waals surface area contributed by atoms with Gasteiger partial charge in [0.05, 0.1) is 13.0 Å². The second-order valence-corrected chi connectivity index (χ2v) is 3.82. The molecular formula is C12H14ClNO3. The average molecular weight is 256 g/mol. The second-order valence-electron chi connectivity index (χ2n) is 3.39. The van der Waals surface area contributed by atoms with Crippen molar-refractivity contribution in [2.75, 3.05) is 13.2 Å². The molecule has 0 aromatic heterocycles. The molecule has 0 aliphatic rings. The first-order valence-electron chi connectivity index (χ1n) is 5.28. The van der Waals surface area contributed by atoms with Crippen LogP contribution < -0.4 is 5.32 Å². The van der Waals surface area contributed by atoms with E-state index in [2.05, 4.69) is 10.1 Å². The maximum Gasteiger partial charge on any atom is 0.325 e. The molecular weight excluding hydrogens is 242 g/mol. The molecule has 0 spiro atoms. The number of rotatable bonds is 5. The number of hydrogen-bond donors (Lipinski definition) is 1. The molecule has 17 heavy (non-hydrogen) atoms. The van der Waals surface area contributed by atoms with E-state index in [1.54, 1.807) is 31.2 Å². The van der Waals surface area contributed by atoms with Crippen LogP contribution in [-0.2, 0) is 20.7 Å². The lowest BCUT2D eigenvalue weighted by atomic mass is 10.1. The molecule has 0 atom stereocenters. The van der Waals surface area contributed by atoms with Gasteiger partial charge in [-0.25, -0.2) is 0 Å². The molecule has 1 rings (SSSR count). The highest BCUT2D eigenvalue weighted by Gasteiger charge is 2.06. The second kappa shape index (κ2) is 6.91. The molecule has 0 aliphatic carbocycles. The van der Waals surface area contributed by atoms with Crippen molar-refractivity contribution in [3.05, 3.63) is 34.9 Å². The van der Waals surface area contributed by atoms with Crippen LogP contribution in [0.15, 0.2) is 24.3 Å². The summed E-state index contributed by atoms with van der Waals surface area (Å²) in [5, 5.41) is 3.06. The van der Waals surface area contributed by atoms with E-state index in [0.29, 0.717) is 11.6 Å². The lowest BCUT2D eigenvalue weighted by Crippen LogP contribution is -2.31. The highest BCUT2D eigenvalue weighted by Crippen LogP contribution is 2.10. The van der Waals surface area contributed by atoms with Gasteiger partial charge in [0.15, 0.2) is 0 Å². The smallest absolute Gasteiger partial charge is 0.325 e. The molecule has 1 amide bonds. The van der Waals surface area contributed by atoms with Crippen LogP contribution in [0, 0.1) is 0 Å². The summed E-state index contributed by atoms with van der Waals surface area (Å²) in [5.74, 6) is -0.674. The third-order valence-corrected chi connectivity index (χ3v) is 2.22. The predicted octanol–water partition coefficient (Wildman–Crippen LogP) is 1.56. The van der Waals surface area contributed by atoms with Crippen LogP contribution in [0.2, 0.25) is 5.02 Å². The summed E-state index contributed by atoms with van der Waals surface area (Å²) in [6.07, 6.45) is 0.194. The number of benzene rings is 1. The number of ether oxygens (including phenoxy) is 1. The van der Waals surface area contributed by atoms with Gasteiger partial charge >= 0.3 is 5.97 Å². The fourth-order valence-electron chi connectivity index (χ4n) is 1.28. The van der Waals surface area contributed by atoms with Crippen molar-refractivity contribution in [2.45, 2.75) is 13.3 Å². The van der Waals surface area contributed by atoms with Crippen LogP contribution in [-0.4, -0.2) is 25.0 Å². The lowest BCUT2D eigenvalue weighted by Gasteiger charge is -2.05. The van der Waals surface area contributed by atoms with Crippen molar-refractivity contribution in [1.29, 1.82) is 0 Å². The number of halogens is 1. The van der Waals surface area contributed by atoms with Crippen LogP contribution in [0.4, 0.5) is 0 Å². The molecule has 0 heterocycles. The minimum Gasteiger partial charge on any atom is -0.465 e. The van der Waals surface area contributed by atoms with Crippen molar-refractivity contribution in [1.82, 2.24) is 5.32 Å². The Morgan fingerprint density at radius 1 is 1.41 bits per heavy atom. The molecule has 0 fully saturated rings. The molecule has 1 N–H and O–H groups in total. The molecule has 1 aromatic rings. The normalized spacial score (nSPS) is 9.76. The Morgan fingerprint density at radius 3 is 2.82 bits per heavy atom. The van der Waals surface area contributed by atoms with Crippen LogP contribution in [0.3, 0.4) is 0 Å². The summed E-state index contributed by atoms with van der Waals surface area (Å²) in [7, 11) is 0. The number of amides is 1. The first-order valence-corrected chi connectivity index (χ1v) is 5.66. The molecule has 0 saturated carbocycles. The molecule has 0 unspecified atom stereocenters. The Bertz CT molecular complexity index is 406. The van der Waals surface area contributed by atoms with Crippen LogP contribution in [0.1, 0.15) is 12.5 Å². The zero-order chi connectivity index (χ0) is 12.7. The first kappa shape index (κ1) is 13.5. The van der Waals surface area contributed by atoms with E-state index in [1.165, 1.54) is 0 Å². The highest BCUT2D eigenvalue weighted by atomic mass is 35.5. The molecule has 1 aromatic carbocycles. The van der Waals surface area contributed by atoms with Gasteiger partial charge in [0.1, 0.15) is 6.54 Å². The quantitative estimate of drug-likeness (QED) is 0.813. The zero-order valence-electron chi connectivity index (χ0n) is 9.53. The number of hydrogen-bond acceptors (Lipinski definition) is 3. The zero-order valence-corrected chi connectivity index (χ0v) is 10.3. The number of carbonyl (C=O) groups excluding carboxylic acids is 2. The number of carbonyl (C=O) groups is 2. The van der Waals surface area contributed by atoms with Crippen molar-refractivity contribution >= 4 is 23.5 Å². The Labute approximate surface area is 105 Å². The molecule has 0 bridgehead atoms. The summed E-state index contributed by atoms with van der Waals surface area (Å²) >= 11 is 5.79. The first-order chi connectivity index (χ1) is 8.11. The summed E-state index contributed by atoms with van der Waals surface area (Å²) in [6.45, 7) is 1.92. The van der Waals surface area contributed by atoms with Crippen LogP contribution in [0.25, 0.3) is 0 Å². The van der Waals surface area contributed by atoms with E-state index in [0.717, 1.165) is 5.56 Å². The molecule has 0 saturated heterocycles. The van der Waals surface area contributed by atoms with E-state index in [4.69, 9.17) is 11.6 Å². The molecule has 5 heteroatoms. The minimum atomic E-state index is -0.438. The van der Waals surface area contributed by atoms with Crippen molar-refractivity contribution < 1.29 is 14.3 Å². The average Bonchev–Trinajstić information content (AvgIpc) is 2.27. The van der Waals surface area contributed by atoms with Gasteiger partial charge in [0.2, 0.25) is 5.91 Å². The summed E-state index contributed by atoms with van der Waals surface area (Å²) in [5.41, 5.74) is 0.804. The van der Waals surface area contributed by atoms with E-state index >= 15 is 0 Å². The minimum absolute atomic E-state index is 0.104. The Balaban J connectivity index is 2.37. The van der Waals surface area contributed by atoms with Gasteiger partial charge in [-0.1, -0.05) is 23.7 Å². The topological polar surface area (TPSA) is 55.4 Å². The maximum absolute atomic E-state index is 11.5. The van der Waals surface area contributed by atoms with Gasteiger partial charge in [-0.2, -0.15) is 0 Å². The Morgan fingerprint density at radius 2 is 2.18 bits per heavy atom. The van der Waals surface area contributed by atoms with Crippen molar-refractivity contribution in [3.8, 4) is 0 Å². The Kier molecular flexibility index (Phi) is 5.49. The third kappa shape index (κ3) is 5.36. The summed E-state index contributed by atoms with van der Waals surface area (Å²) in [6, 6.07) is 7.03. The van der Waals surface area contributed by atoms with E-state index < -0.39 is 5.97 Å². The number of nitrogens with one attached hydrogen (secondary N) is 1. The van der Waals surface area contributed by atoms with Crippen molar-refractivity contribution in [2.24, 2.45) is 0 Å². The third-order valence-electron chi connectivity index (χ3n) is 1.99. The van der Waals surface area contributed by atoms with E-state index in [-0.39, 0.29) is 18.9 Å². The standard InChI is InChI=1S/C12H14ClNO3/c1-2-17-12(16)8-14-11(15)7-9-4-3-5-10(13)6-9/h3-6H,2,7-8H2,1H3,(H,14,15). The molecule has 0 radical (unpaired) electrons. The number of esters is 1. The van der Waals surface area contributed by atoms with Gasteiger partial charge in [0.25, 0.3) is 0 Å².